The van der Waals surface area contributed by atoms with Crippen LogP contribution < -0.4 is 4.74 Å². The third-order valence-corrected chi connectivity index (χ3v) is 4.26. The van der Waals surface area contributed by atoms with E-state index in [0.29, 0.717) is 10.8 Å². The van der Waals surface area contributed by atoms with Gasteiger partial charge in [-0.05, 0) is 30.7 Å². The van der Waals surface area contributed by atoms with Crippen LogP contribution in [0.15, 0.2) is 39.9 Å². The summed E-state index contributed by atoms with van der Waals surface area (Å²) in [6.07, 6.45) is -5.11. The minimum atomic E-state index is -5.07. The van der Waals surface area contributed by atoms with Crippen LogP contribution in [0.5, 0.6) is 5.75 Å². The molecule has 144 valence electrons. The summed E-state index contributed by atoms with van der Waals surface area (Å²) >= 11 is 6.05. The van der Waals surface area contributed by atoms with E-state index >= 15 is 0 Å². The molecular weight excluding hydrogens is 389 g/mol. The third kappa shape index (κ3) is 3.52. The number of hydrogen-bond donors (Lipinski definition) is 1. The predicted molar refractivity (Wildman–Crippen MR) is 89.5 cm³/mol. The summed E-state index contributed by atoms with van der Waals surface area (Å²) in [5.41, 5.74) is -2.62. The van der Waals surface area contributed by atoms with Gasteiger partial charge in [-0.15, -0.1) is 0 Å². The molecule has 0 bridgehead atoms. The van der Waals surface area contributed by atoms with Gasteiger partial charge in [0.2, 0.25) is 0 Å². The maximum atomic E-state index is 13.1. The van der Waals surface area contributed by atoms with Crippen LogP contribution >= 0.6 is 11.6 Å². The Hall–Kier alpha value is -2.52. The lowest BCUT2D eigenvalue weighted by Gasteiger charge is -2.31. The van der Waals surface area contributed by atoms with Gasteiger partial charge in [0.1, 0.15) is 18.1 Å². The molecule has 1 aliphatic rings. The Bertz CT molecular complexity index is 876. The summed E-state index contributed by atoms with van der Waals surface area (Å²) in [7, 11) is 0. The Morgan fingerprint density at radius 2 is 2.15 bits per heavy atom. The fourth-order valence-corrected chi connectivity index (χ4v) is 2.78. The van der Waals surface area contributed by atoms with Crippen molar-refractivity contribution in [2.24, 2.45) is 5.10 Å². The summed E-state index contributed by atoms with van der Waals surface area (Å²) in [4.78, 5) is 12.3. The number of nitrogens with zero attached hydrogens (tertiary/aromatic N) is 2. The van der Waals surface area contributed by atoms with E-state index in [1.807, 2.05) is 0 Å². The van der Waals surface area contributed by atoms with Gasteiger partial charge >= 0.3 is 12.1 Å². The lowest BCUT2D eigenvalue weighted by Crippen LogP contribution is -2.56. The van der Waals surface area contributed by atoms with E-state index in [0.717, 1.165) is 11.8 Å². The number of alkyl halides is 3. The van der Waals surface area contributed by atoms with E-state index in [4.69, 9.17) is 20.8 Å². The second-order valence-electron chi connectivity index (χ2n) is 5.87. The van der Waals surface area contributed by atoms with E-state index in [1.165, 1.54) is 12.1 Å². The number of carbonyl (C=O) groups is 1. The smallest absolute Gasteiger partial charge is 0.438 e. The first-order chi connectivity index (χ1) is 12.6. The van der Waals surface area contributed by atoms with E-state index < -0.39 is 30.0 Å². The summed E-state index contributed by atoms with van der Waals surface area (Å²) in [6, 6.07) is 7.76. The predicted octanol–water partition coefficient (Wildman–Crippen LogP) is 3.90. The Balaban J connectivity index is 1.74. The van der Waals surface area contributed by atoms with Crippen molar-refractivity contribution in [1.29, 1.82) is 0 Å². The highest BCUT2D eigenvalue weighted by Gasteiger charge is 2.61. The molecule has 2 aromatic rings. The largest absolute Gasteiger partial charge is 0.484 e. The standard InChI is InChI=1S/C17H14ClF3N2O4/c1-10-3-2-4-12(18)14(10)26-9-11-5-6-13(27-11)15(24)23-16(25,7-8-22-23)17(19,20)21/h2-6,8,25H,7,9H2,1H3/t16-/m0/s1. The number of amides is 1. The quantitative estimate of drug-likeness (QED) is 0.841. The second kappa shape index (κ2) is 6.90. The SMILES string of the molecule is Cc1cccc(Cl)c1OCc1ccc(C(=O)N2N=CC[C@]2(O)C(F)(F)F)o1. The average molecular weight is 403 g/mol. The molecule has 3 rings (SSSR count). The Morgan fingerprint density at radius 1 is 1.41 bits per heavy atom. The van der Waals surface area contributed by atoms with Crippen LogP contribution in [0.4, 0.5) is 13.2 Å². The molecule has 1 aromatic heterocycles. The maximum Gasteiger partial charge on any atom is 0.438 e. The number of para-hydroxylation sites is 1. The van der Waals surface area contributed by atoms with Crippen LogP contribution in [0.2, 0.25) is 5.02 Å². The maximum absolute atomic E-state index is 13.1. The zero-order valence-electron chi connectivity index (χ0n) is 14.0. The highest BCUT2D eigenvalue weighted by atomic mass is 35.5. The molecule has 0 unspecified atom stereocenters. The van der Waals surface area contributed by atoms with Crippen molar-refractivity contribution < 1.29 is 32.2 Å². The fraction of sp³-hybridized carbons (Fsp3) is 0.294. The van der Waals surface area contributed by atoms with Gasteiger partial charge in [0.15, 0.2) is 5.76 Å². The van der Waals surface area contributed by atoms with Crippen molar-refractivity contribution in [2.45, 2.75) is 31.9 Å². The molecule has 0 spiro atoms. The van der Waals surface area contributed by atoms with Crippen molar-refractivity contribution in [1.82, 2.24) is 5.01 Å². The number of benzene rings is 1. The summed E-state index contributed by atoms with van der Waals surface area (Å²) < 4.78 is 50.0. The number of aliphatic hydroxyl groups is 1. The van der Waals surface area contributed by atoms with Crippen molar-refractivity contribution >= 4 is 23.7 Å². The second-order valence-corrected chi connectivity index (χ2v) is 6.28. The van der Waals surface area contributed by atoms with Gasteiger partial charge in [0.05, 0.1) is 5.02 Å². The van der Waals surface area contributed by atoms with Crippen LogP contribution in [0.3, 0.4) is 0 Å². The fourth-order valence-electron chi connectivity index (χ4n) is 2.51. The van der Waals surface area contributed by atoms with Crippen LogP contribution in [-0.4, -0.2) is 34.1 Å². The summed E-state index contributed by atoms with van der Waals surface area (Å²) in [6.45, 7) is 1.70. The van der Waals surface area contributed by atoms with E-state index in [9.17, 15) is 23.1 Å². The molecule has 1 aliphatic heterocycles. The van der Waals surface area contributed by atoms with E-state index in [2.05, 4.69) is 5.10 Å². The Kier molecular flexibility index (Phi) is 4.92. The number of aryl methyl sites for hydroxylation is 1. The van der Waals surface area contributed by atoms with Crippen LogP contribution in [0.1, 0.15) is 28.3 Å². The number of carbonyl (C=O) groups excluding carboxylic acids is 1. The molecule has 1 amide bonds. The van der Waals surface area contributed by atoms with E-state index in [1.54, 1.807) is 25.1 Å². The van der Waals surface area contributed by atoms with Crippen molar-refractivity contribution in [2.75, 3.05) is 0 Å². The summed E-state index contributed by atoms with van der Waals surface area (Å²) in [5.74, 6) is -1.01. The molecule has 0 saturated carbocycles. The third-order valence-electron chi connectivity index (χ3n) is 3.96. The minimum absolute atomic E-state index is 0.0331. The molecule has 1 atom stereocenters. The summed E-state index contributed by atoms with van der Waals surface area (Å²) in [5, 5.41) is 13.5. The number of ether oxygens (including phenoxy) is 1. The molecule has 0 radical (unpaired) electrons. The van der Waals surface area contributed by atoms with Crippen LogP contribution in [0.25, 0.3) is 0 Å². The normalized spacial score (nSPS) is 19.6. The van der Waals surface area contributed by atoms with Gasteiger partial charge in [0, 0.05) is 12.6 Å². The zero-order chi connectivity index (χ0) is 19.8. The lowest BCUT2D eigenvalue weighted by atomic mass is 10.1. The monoisotopic (exact) mass is 402 g/mol. The molecule has 2 heterocycles. The number of furan rings is 1. The minimum Gasteiger partial charge on any atom is -0.484 e. The van der Waals surface area contributed by atoms with Gasteiger partial charge in [-0.25, -0.2) is 0 Å². The van der Waals surface area contributed by atoms with Crippen LogP contribution in [0, 0.1) is 6.92 Å². The number of hydrazone groups is 1. The topological polar surface area (TPSA) is 75.3 Å². The van der Waals surface area contributed by atoms with Gasteiger partial charge in [0.25, 0.3) is 5.72 Å². The molecule has 1 aromatic carbocycles. The van der Waals surface area contributed by atoms with Gasteiger partial charge in [-0.1, -0.05) is 23.7 Å². The molecule has 0 aliphatic carbocycles. The number of halogens is 4. The van der Waals surface area contributed by atoms with E-state index in [-0.39, 0.29) is 17.4 Å². The van der Waals surface area contributed by atoms with Gasteiger partial charge < -0.3 is 14.3 Å². The van der Waals surface area contributed by atoms with Gasteiger partial charge in [-0.2, -0.15) is 23.3 Å². The van der Waals surface area contributed by atoms with Crippen LogP contribution in [-0.2, 0) is 6.61 Å². The molecule has 10 heteroatoms. The molecule has 1 N–H and O–H groups in total. The molecule has 27 heavy (non-hydrogen) atoms. The Morgan fingerprint density at radius 3 is 2.81 bits per heavy atom. The molecule has 0 saturated heterocycles. The zero-order valence-corrected chi connectivity index (χ0v) is 14.7. The number of hydrogen-bond acceptors (Lipinski definition) is 5. The highest BCUT2D eigenvalue weighted by Crippen LogP contribution is 2.39. The number of rotatable bonds is 4. The first kappa shape index (κ1) is 19.2. The van der Waals surface area contributed by atoms with Crippen molar-refractivity contribution in [3.63, 3.8) is 0 Å². The Labute approximate surface area is 156 Å². The first-order valence-corrected chi connectivity index (χ1v) is 8.14. The van der Waals surface area contributed by atoms with Crippen molar-refractivity contribution in [3.05, 3.63) is 52.4 Å². The lowest BCUT2D eigenvalue weighted by molar-refractivity contribution is -0.297. The highest BCUT2D eigenvalue weighted by molar-refractivity contribution is 6.32. The molecular formula is C17H14ClF3N2O4. The first-order valence-electron chi connectivity index (χ1n) is 7.76. The van der Waals surface area contributed by atoms with Crippen molar-refractivity contribution in [3.8, 4) is 5.75 Å². The molecule has 6 nitrogen and oxygen atoms in total. The average Bonchev–Trinajstić information content (AvgIpc) is 3.21. The van der Waals surface area contributed by atoms with Gasteiger partial charge in [-0.3, -0.25) is 4.79 Å². The molecule has 0 fully saturated rings.